The molecule has 4 aliphatic rings. The van der Waals surface area contributed by atoms with Crippen molar-refractivity contribution in [1.29, 1.82) is 0 Å². The molecule has 140 valence electrons. The lowest BCUT2D eigenvalue weighted by atomic mass is 9.48. The molecule has 4 fully saturated rings. The van der Waals surface area contributed by atoms with Crippen LogP contribution >= 0.6 is 0 Å². The van der Waals surface area contributed by atoms with Gasteiger partial charge in [0.05, 0.1) is 6.33 Å². The Labute approximate surface area is 153 Å². The van der Waals surface area contributed by atoms with Gasteiger partial charge in [0.2, 0.25) is 0 Å². The SMILES string of the molecule is CN(C)C(Cc1nc2nc[nH]c(=O)c2[nH]1)CC12CC3CC(CC(C3)C1)C2. The molecular formula is C20H29N5O. The molecule has 2 N–H and O–H groups in total. The van der Waals surface area contributed by atoms with Gasteiger partial charge in [-0.05, 0) is 82.2 Å². The van der Waals surface area contributed by atoms with Crippen LogP contribution in [0.5, 0.6) is 0 Å². The van der Waals surface area contributed by atoms with Crippen LogP contribution in [0.15, 0.2) is 11.1 Å². The second kappa shape index (κ2) is 5.91. The van der Waals surface area contributed by atoms with E-state index in [-0.39, 0.29) is 5.56 Å². The predicted octanol–water partition coefficient (Wildman–Crippen LogP) is 2.73. The molecule has 6 rings (SSSR count). The van der Waals surface area contributed by atoms with E-state index in [0.29, 0.717) is 22.6 Å². The van der Waals surface area contributed by atoms with E-state index in [1.165, 1.54) is 51.3 Å². The molecule has 4 saturated carbocycles. The number of nitrogens with zero attached hydrogens (tertiary/aromatic N) is 3. The van der Waals surface area contributed by atoms with Crippen LogP contribution in [0.1, 0.15) is 50.8 Å². The highest BCUT2D eigenvalue weighted by Gasteiger charge is 2.51. The Morgan fingerprint density at radius 2 is 1.85 bits per heavy atom. The van der Waals surface area contributed by atoms with Crippen molar-refractivity contribution in [2.45, 2.75) is 57.4 Å². The number of hydrogen-bond acceptors (Lipinski definition) is 4. The van der Waals surface area contributed by atoms with Crippen molar-refractivity contribution < 1.29 is 0 Å². The van der Waals surface area contributed by atoms with E-state index in [4.69, 9.17) is 0 Å². The number of likely N-dealkylation sites (N-methyl/N-ethyl adjacent to an activating group) is 1. The summed E-state index contributed by atoms with van der Waals surface area (Å²) in [6.45, 7) is 0. The maximum atomic E-state index is 11.9. The lowest BCUT2D eigenvalue weighted by Gasteiger charge is -2.58. The normalized spacial score (nSPS) is 34.0. The number of imidazole rings is 1. The van der Waals surface area contributed by atoms with E-state index < -0.39 is 0 Å². The Morgan fingerprint density at radius 3 is 2.42 bits per heavy atom. The first-order chi connectivity index (χ1) is 12.5. The Bertz CT molecular complexity index is 831. The van der Waals surface area contributed by atoms with E-state index in [9.17, 15) is 4.79 Å². The third-order valence-corrected chi connectivity index (χ3v) is 7.34. The third-order valence-electron chi connectivity index (χ3n) is 7.34. The van der Waals surface area contributed by atoms with Gasteiger partial charge in [-0.25, -0.2) is 9.97 Å². The van der Waals surface area contributed by atoms with Crippen LogP contribution in [0, 0.1) is 23.2 Å². The van der Waals surface area contributed by atoms with Crippen LogP contribution in [0.2, 0.25) is 0 Å². The van der Waals surface area contributed by atoms with Gasteiger partial charge in [0, 0.05) is 12.5 Å². The van der Waals surface area contributed by atoms with E-state index in [1.54, 1.807) is 0 Å². The molecule has 1 atom stereocenters. The standard InChI is InChI=1S/C20H29N5O/c1-25(2)15(6-16-23-17-18(24-16)21-11-22-19(17)26)10-20-7-12-3-13(8-20)5-14(4-12)9-20/h11-15H,3-10H2,1-2H3,(H2,21,22,23,24,26). The molecule has 4 bridgehead atoms. The highest BCUT2D eigenvalue weighted by atomic mass is 16.1. The average molecular weight is 355 g/mol. The Morgan fingerprint density at radius 1 is 1.19 bits per heavy atom. The topological polar surface area (TPSA) is 77.7 Å². The molecule has 0 aliphatic heterocycles. The van der Waals surface area contributed by atoms with Gasteiger partial charge in [-0.3, -0.25) is 4.79 Å². The number of aromatic nitrogens is 4. The van der Waals surface area contributed by atoms with E-state index >= 15 is 0 Å². The summed E-state index contributed by atoms with van der Waals surface area (Å²) in [7, 11) is 4.36. The highest BCUT2D eigenvalue weighted by molar-refractivity contribution is 5.68. The third kappa shape index (κ3) is 2.79. The molecule has 0 radical (unpaired) electrons. The fourth-order valence-electron chi connectivity index (χ4n) is 6.68. The minimum Gasteiger partial charge on any atom is -0.336 e. The molecule has 2 aromatic rings. The quantitative estimate of drug-likeness (QED) is 0.864. The zero-order valence-corrected chi connectivity index (χ0v) is 15.8. The van der Waals surface area contributed by atoms with E-state index in [2.05, 4.69) is 38.9 Å². The number of hydrogen-bond donors (Lipinski definition) is 2. The van der Waals surface area contributed by atoms with E-state index in [1.807, 2.05) is 0 Å². The van der Waals surface area contributed by atoms with Crippen LogP contribution in [-0.4, -0.2) is 45.0 Å². The molecule has 0 spiro atoms. The Hall–Kier alpha value is -1.69. The average Bonchev–Trinajstić information content (AvgIpc) is 2.96. The van der Waals surface area contributed by atoms with Crippen LogP contribution in [0.4, 0.5) is 0 Å². The zero-order chi connectivity index (χ0) is 17.9. The first-order valence-electron chi connectivity index (χ1n) is 10.1. The van der Waals surface area contributed by atoms with Crippen molar-refractivity contribution in [2.75, 3.05) is 14.1 Å². The molecule has 6 nitrogen and oxygen atoms in total. The first kappa shape index (κ1) is 16.5. The fraction of sp³-hybridized carbons (Fsp3) is 0.750. The number of nitrogens with one attached hydrogen (secondary N) is 2. The number of aromatic amines is 2. The monoisotopic (exact) mass is 355 g/mol. The minimum absolute atomic E-state index is 0.142. The molecule has 0 amide bonds. The van der Waals surface area contributed by atoms with E-state index in [0.717, 1.165) is 30.0 Å². The number of fused-ring (bicyclic) bond motifs is 1. The lowest BCUT2D eigenvalue weighted by molar-refractivity contribution is -0.0673. The van der Waals surface area contributed by atoms with Crippen molar-refractivity contribution in [3.63, 3.8) is 0 Å². The Balaban J connectivity index is 1.38. The lowest BCUT2D eigenvalue weighted by Crippen LogP contribution is -2.49. The molecule has 0 saturated heterocycles. The Kier molecular flexibility index (Phi) is 3.75. The van der Waals surface area contributed by atoms with Gasteiger partial charge >= 0.3 is 0 Å². The van der Waals surface area contributed by atoms with Gasteiger partial charge < -0.3 is 14.9 Å². The van der Waals surface area contributed by atoms with Crippen LogP contribution < -0.4 is 5.56 Å². The maximum absolute atomic E-state index is 11.9. The predicted molar refractivity (Wildman–Crippen MR) is 101 cm³/mol. The van der Waals surface area contributed by atoms with Crippen molar-refractivity contribution in [3.8, 4) is 0 Å². The van der Waals surface area contributed by atoms with Gasteiger partial charge in [0.1, 0.15) is 5.82 Å². The molecule has 2 heterocycles. The van der Waals surface area contributed by atoms with Crippen LogP contribution in [-0.2, 0) is 6.42 Å². The fourth-order valence-corrected chi connectivity index (χ4v) is 6.68. The van der Waals surface area contributed by atoms with Crippen molar-refractivity contribution in [1.82, 2.24) is 24.8 Å². The van der Waals surface area contributed by atoms with Crippen molar-refractivity contribution in [3.05, 3.63) is 22.5 Å². The second-order valence-electron chi connectivity index (χ2n) is 9.56. The van der Waals surface area contributed by atoms with Crippen LogP contribution in [0.25, 0.3) is 11.2 Å². The highest BCUT2D eigenvalue weighted by Crippen LogP contribution is 2.61. The molecule has 6 heteroatoms. The molecular weight excluding hydrogens is 326 g/mol. The molecule has 26 heavy (non-hydrogen) atoms. The first-order valence-corrected chi connectivity index (χ1v) is 10.1. The van der Waals surface area contributed by atoms with Gasteiger partial charge in [0.25, 0.3) is 5.56 Å². The minimum atomic E-state index is -0.142. The summed E-state index contributed by atoms with van der Waals surface area (Å²) in [6.07, 6.45) is 12.3. The zero-order valence-electron chi connectivity index (χ0n) is 15.8. The number of rotatable bonds is 5. The summed E-state index contributed by atoms with van der Waals surface area (Å²) < 4.78 is 0. The summed E-state index contributed by atoms with van der Waals surface area (Å²) in [5.41, 5.74) is 1.42. The molecule has 2 aromatic heterocycles. The molecule has 0 aromatic carbocycles. The van der Waals surface area contributed by atoms with Gasteiger partial charge in [-0.15, -0.1) is 0 Å². The molecule has 4 aliphatic carbocycles. The summed E-state index contributed by atoms with van der Waals surface area (Å²) in [6, 6.07) is 0.450. The van der Waals surface area contributed by atoms with Crippen molar-refractivity contribution >= 4 is 11.2 Å². The summed E-state index contributed by atoms with van der Waals surface area (Å²) in [5, 5.41) is 0. The second-order valence-corrected chi connectivity index (χ2v) is 9.56. The largest absolute Gasteiger partial charge is 0.336 e. The van der Waals surface area contributed by atoms with Crippen molar-refractivity contribution in [2.24, 2.45) is 23.2 Å². The van der Waals surface area contributed by atoms with Gasteiger partial charge in [0.15, 0.2) is 11.2 Å². The summed E-state index contributed by atoms with van der Waals surface area (Å²) in [5.74, 6) is 3.83. The summed E-state index contributed by atoms with van der Waals surface area (Å²) >= 11 is 0. The summed E-state index contributed by atoms with van der Waals surface area (Å²) in [4.78, 5) is 28.9. The van der Waals surface area contributed by atoms with Crippen LogP contribution in [0.3, 0.4) is 0 Å². The number of H-pyrrole nitrogens is 2. The van der Waals surface area contributed by atoms with Gasteiger partial charge in [-0.2, -0.15) is 0 Å². The smallest absolute Gasteiger partial charge is 0.276 e. The van der Waals surface area contributed by atoms with Gasteiger partial charge in [-0.1, -0.05) is 0 Å². The maximum Gasteiger partial charge on any atom is 0.276 e. The molecule has 1 unspecified atom stereocenters.